The number of carbonyl (C=O) groups excluding carboxylic acids is 2. The molecule has 122 valence electrons. The Morgan fingerprint density at radius 2 is 1.71 bits per heavy atom. The molecule has 24 heavy (non-hydrogen) atoms. The third-order valence-corrected chi connectivity index (χ3v) is 4.40. The van der Waals surface area contributed by atoms with Gasteiger partial charge in [0, 0.05) is 24.0 Å². The Hall–Kier alpha value is -2.88. The maximum absolute atomic E-state index is 12.3. The zero-order valence-corrected chi connectivity index (χ0v) is 14.0. The molecule has 0 aliphatic rings. The zero-order valence-electron chi connectivity index (χ0n) is 14.0. The van der Waals surface area contributed by atoms with E-state index in [0.717, 1.165) is 22.2 Å². The lowest BCUT2D eigenvalue weighted by atomic mass is 10.1. The highest BCUT2D eigenvalue weighted by Gasteiger charge is 2.16. The Bertz CT molecular complexity index is 937. The van der Waals surface area contributed by atoms with E-state index >= 15 is 0 Å². The molecule has 1 aromatic heterocycles. The minimum absolute atomic E-state index is 0.190. The summed E-state index contributed by atoms with van der Waals surface area (Å²) in [5, 5.41) is 2.02. The van der Waals surface area contributed by atoms with Crippen molar-refractivity contribution in [2.75, 3.05) is 6.61 Å². The highest BCUT2D eigenvalue weighted by Crippen LogP contribution is 2.17. The second kappa shape index (κ2) is 6.32. The molecule has 0 N–H and O–H groups in total. The lowest BCUT2D eigenvalue weighted by Crippen LogP contribution is -2.15. The number of fused-ring (bicyclic) bond motifs is 1. The van der Waals surface area contributed by atoms with Gasteiger partial charge in [-0.05, 0) is 42.8 Å². The average Bonchev–Trinajstić information content (AvgIpc) is 2.86. The molecular weight excluding hydrogens is 302 g/mol. The monoisotopic (exact) mass is 321 g/mol. The minimum Gasteiger partial charge on any atom is -0.454 e. The average molecular weight is 321 g/mol. The molecule has 3 rings (SSSR count). The first-order chi connectivity index (χ1) is 11.5. The van der Waals surface area contributed by atoms with Gasteiger partial charge in [-0.2, -0.15) is 0 Å². The van der Waals surface area contributed by atoms with Gasteiger partial charge in [-0.3, -0.25) is 4.79 Å². The maximum Gasteiger partial charge on any atom is 0.338 e. The van der Waals surface area contributed by atoms with E-state index in [2.05, 4.69) is 0 Å². The number of ketones is 1. The molecule has 0 saturated carbocycles. The van der Waals surface area contributed by atoms with Crippen LogP contribution in [-0.2, 0) is 11.8 Å². The van der Waals surface area contributed by atoms with Gasteiger partial charge >= 0.3 is 5.97 Å². The first-order valence-electron chi connectivity index (χ1n) is 7.79. The van der Waals surface area contributed by atoms with Crippen LogP contribution in [0.3, 0.4) is 0 Å². The van der Waals surface area contributed by atoms with Gasteiger partial charge < -0.3 is 9.30 Å². The van der Waals surface area contributed by atoms with Crippen LogP contribution in [-0.4, -0.2) is 22.9 Å². The molecule has 1 heterocycles. The van der Waals surface area contributed by atoms with E-state index in [4.69, 9.17) is 4.74 Å². The molecular formula is C20H19NO3. The summed E-state index contributed by atoms with van der Waals surface area (Å²) in [4.78, 5) is 24.5. The lowest BCUT2D eigenvalue weighted by Gasteiger charge is -2.06. The predicted octanol–water partition coefficient (Wildman–Crippen LogP) is 3.83. The predicted molar refractivity (Wildman–Crippen MR) is 93.4 cm³/mol. The van der Waals surface area contributed by atoms with E-state index in [9.17, 15) is 9.59 Å². The van der Waals surface area contributed by atoms with Crippen LogP contribution in [0.25, 0.3) is 10.8 Å². The lowest BCUT2D eigenvalue weighted by molar-refractivity contribution is 0.0474. The molecule has 0 unspecified atom stereocenters. The summed E-state index contributed by atoms with van der Waals surface area (Å²) >= 11 is 0. The van der Waals surface area contributed by atoms with Gasteiger partial charge in [-0.1, -0.05) is 30.3 Å². The molecule has 0 aliphatic heterocycles. The third kappa shape index (κ3) is 2.95. The summed E-state index contributed by atoms with van der Waals surface area (Å²) in [5.41, 5.74) is 2.92. The van der Waals surface area contributed by atoms with Crippen molar-refractivity contribution in [2.45, 2.75) is 13.8 Å². The standard InChI is InChI=1S/C20H19NO3/c1-13-10-18(14(2)21(13)3)19(22)12-24-20(23)17-9-8-15-6-4-5-7-16(15)11-17/h4-11H,12H2,1-3H3. The van der Waals surface area contributed by atoms with Gasteiger partial charge in [0.1, 0.15) is 0 Å². The Morgan fingerprint density at radius 3 is 2.38 bits per heavy atom. The van der Waals surface area contributed by atoms with E-state index in [1.807, 2.05) is 61.9 Å². The maximum atomic E-state index is 12.3. The SMILES string of the molecule is Cc1cc(C(=O)COC(=O)c2ccc3ccccc3c2)c(C)n1C. The normalized spacial score (nSPS) is 10.8. The number of carbonyl (C=O) groups is 2. The highest BCUT2D eigenvalue weighted by molar-refractivity contribution is 6.01. The van der Waals surface area contributed by atoms with Gasteiger partial charge in [-0.15, -0.1) is 0 Å². The van der Waals surface area contributed by atoms with Crippen molar-refractivity contribution >= 4 is 22.5 Å². The summed E-state index contributed by atoms with van der Waals surface area (Å²) in [6.45, 7) is 3.56. The van der Waals surface area contributed by atoms with Crippen LogP contribution in [0.15, 0.2) is 48.5 Å². The Labute approximate surface area is 140 Å². The number of hydrogen-bond acceptors (Lipinski definition) is 3. The first kappa shape index (κ1) is 16.0. The smallest absolute Gasteiger partial charge is 0.338 e. The van der Waals surface area contributed by atoms with Crippen LogP contribution in [0.4, 0.5) is 0 Å². The van der Waals surface area contributed by atoms with Crippen LogP contribution in [0.1, 0.15) is 32.1 Å². The zero-order chi connectivity index (χ0) is 17.3. The number of esters is 1. The number of aryl methyl sites for hydroxylation is 1. The fourth-order valence-corrected chi connectivity index (χ4v) is 2.75. The number of aromatic nitrogens is 1. The van der Waals surface area contributed by atoms with E-state index in [1.54, 1.807) is 12.1 Å². The van der Waals surface area contributed by atoms with Gasteiger partial charge in [-0.25, -0.2) is 4.79 Å². The van der Waals surface area contributed by atoms with E-state index in [-0.39, 0.29) is 12.4 Å². The molecule has 0 aliphatic carbocycles. The molecule has 0 radical (unpaired) electrons. The van der Waals surface area contributed by atoms with Gasteiger partial charge in [0.15, 0.2) is 6.61 Å². The number of rotatable bonds is 4. The molecule has 0 saturated heterocycles. The molecule has 0 amide bonds. The quantitative estimate of drug-likeness (QED) is 0.542. The van der Waals surface area contributed by atoms with Crippen LogP contribution in [0.5, 0.6) is 0 Å². The summed E-state index contributed by atoms with van der Waals surface area (Å²) in [6.07, 6.45) is 0. The molecule has 4 nitrogen and oxygen atoms in total. The molecule has 0 spiro atoms. The molecule has 0 fully saturated rings. The number of nitrogens with zero attached hydrogens (tertiary/aromatic N) is 1. The van der Waals surface area contributed by atoms with Gasteiger partial charge in [0.25, 0.3) is 0 Å². The Morgan fingerprint density at radius 1 is 1.00 bits per heavy atom. The highest BCUT2D eigenvalue weighted by atomic mass is 16.5. The summed E-state index contributed by atoms with van der Waals surface area (Å²) in [7, 11) is 1.91. The van der Waals surface area contributed by atoms with Crippen molar-refractivity contribution in [3.8, 4) is 0 Å². The van der Waals surface area contributed by atoms with Crippen LogP contribution in [0, 0.1) is 13.8 Å². The van der Waals surface area contributed by atoms with Crippen LogP contribution in [0.2, 0.25) is 0 Å². The van der Waals surface area contributed by atoms with Crippen molar-refractivity contribution in [2.24, 2.45) is 7.05 Å². The van der Waals surface area contributed by atoms with Crippen molar-refractivity contribution in [1.82, 2.24) is 4.57 Å². The topological polar surface area (TPSA) is 48.3 Å². The molecule has 2 aromatic carbocycles. The van der Waals surface area contributed by atoms with Gasteiger partial charge in [0.05, 0.1) is 5.56 Å². The van der Waals surface area contributed by atoms with Gasteiger partial charge in [0.2, 0.25) is 5.78 Å². The minimum atomic E-state index is -0.487. The molecule has 3 aromatic rings. The van der Waals surface area contributed by atoms with E-state index in [1.165, 1.54) is 0 Å². The van der Waals surface area contributed by atoms with Crippen LogP contribution < -0.4 is 0 Å². The number of hydrogen-bond donors (Lipinski definition) is 0. The fraction of sp³-hybridized carbons (Fsp3) is 0.200. The number of Topliss-reactive ketones (excluding diaryl/α,β-unsaturated/α-hetero) is 1. The Kier molecular flexibility index (Phi) is 4.21. The van der Waals surface area contributed by atoms with Crippen LogP contribution >= 0.6 is 0 Å². The third-order valence-electron chi connectivity index (χ3n) is 4.40. The van der Waals surface area contributed by atoms with Crippen molar-refractivity contribution in [3.05, 3.63) is 71.0 Å². The number of ether oxygens (including phenoxy) is 1. The Balaban J connectivity index is 1.72. The summed E-state index contributed by atoms with van der Waals surface area (Å²) in [5.74, 6) is -0.676. The molecule has 0 bridgehead atoms. The molecule has 4 heteroatoms. The second-order valence-corrected chi connectivity index (χ2v) is 5.91. The van der Waals surface area contributed by atoms with E-state index < -0.39 is 5.97 Å². The largest absolute Gasteiger partial charge is 0.454 e. The van der Waals surface area contributed by atoms with E-state index in [0.29, 0.717) is 11.1 Å². The van der Waals surface area contributed by atoms with Crippen molar-refractivity contribution < 1.29 is 14.3 Å². The second-order valence-electron chi connectivity index (χ2n) is 5.91. The fourth-order valence-electron chi connectivity index (χ4n) is 2.75. The summed E-state index contributed by atoms with van der Waals surface area (Å²) < 4.78 is 7.14. The number of benzene rings is 2. The summed E-state index contributed by atoms with van der Waals surface area (Å²) in [6, 6.07) is 15.0. The van der Waals surface area contributed by atoms with Crippen molar-refractivity contribution in [1.29, 1.82) is 0 Å². The van der Waals surface area contributed by atoms with Crippen molar-refractivity contribution in [3.63, 3.8) is 0 Å². The molecule has 0 atom stereocenters. The first-order valence-corrected chi connectivity index (χ1v) is 7.79.